The number of likely N-dealkylation sites (tertiary alicyclic amines) is 1. The zero-order chi connectivity index (χ0) is 13.9. The van der Waals surface area contributed by atoms with Gasteiger partial charge >= 0.3 is 0 Å². The Bertz CT molecular complexity index is 425. The number of piperidine rings is 1. The van der Waals surface area contributed by atoms with Crippen molar-refractivity contribution >= 4 is 0 Å². The molecule has 1 aromatic rings. The second-order valence-corrected chi connectivity index (χ2v) is 6.57. The van der Waals surface area contributed by atoms with E-state index in [2.05, 4.69) is 35.3 Å². The van der Waals surface area contributed by atoms with E-state index in [-0.39, 0.29) is 0 Å². The highest BCUT2D eigenvalue weighted by atomic mass is 16.3. The fraction of sp³-hybridized carbons (Fsp3) is 0.750. The van der Waals surface area contributed by atoms with E-state index in [1.54, 1.807) is 0 Å². The number of hydrogen-bond donors (Lipinski definition) is 1. The summed E-state index contributed by atoms with van der Waals surface area (Å²) in [5, 5.41) is 3.53. The van der Waals surface area contributed by atoms with Gasteiger partial charge < -0.3 is 14.6 Å². The highest BCUT2D eigenvalue weighted by Gasteiger charge is 2.23. The maximum Gasteiger partial charge on any atom is 0.118 e. The molecular weight excluding hydrogens is 250 g/mol. The van der Waals surface area contributed by atoms with E-state index >= 15 is 0 Å². The number of furan rings is 1. The number of rotatable bonds is 6. The Morgan fingerprint density at radius 3 is 2.95 bits per heavy atom. The lowest BCUT2D eigenvalue weighted by Gasteiger charge is -2.35. The molecule has 1 aromatic heterocycles. The Morgan fingerprint density at radius 1 is 1.35 bits per heavy atom. The first-order chi connectivity index (χ1) is 9.70. The Balaban J connectivity index is 1.49. The average molecular weight is 277 g/mol. The largest absolute Gasteiger partial charge is 0.468 e. The molecule has 1 saturated heterocycles. The molecule has 0 amide bonds. The minimum Gasteiger partial charge on any atom is -0.468 e. The Hall–Kier alpha value is -0.840. The molecule has 2 fully saturated rings. The lowest BCUT2D eigenvalue weighted by molar-refractivity contribution is 0.121. The summed E-state index contributed by atoms with van der Waals surface area (Å²) in [7, 11) is 4.37. The molecule has 3 rings (SSSR count). The van der Waals surface area contributed by atoms with Crippen LogP contribution in [-0.4, -0.2) is 49.1 Å². The van der Waals surface area contributed by atoms with Crippen LogP contribution in [0, 0.1) is 0 Å². The SMILES string of the molecule is CN(C)C1CCCN(Cc2cc(CNC3CC3)co2)C1. The first-order valence-corrected chi connectivity index (χ1v) is 7.89. The molecule has 1 unspecified atom stereocenters. The monoisotopic (exact) mass is 277 g/mol. The summed E-state index contributed by atoms with van der Waals surface area (Å²) in [6, 6.07) is 3.67. The molecule has 1 saturated carbocycles. The van der Waals surface area contributed by atoms with Crippen molar-refractivity contribution < 1.29 is 4.42 Å². The lowest BCUT2D eigenvalue weighted by atomic mass is 10.0. The van der Waals surface area contributed by atoms with Crippen LogP contribution in [0.15, 0.2) is 16.7 Å². The zero-order valence-corrected chi connectivity index (χ0v) is 12.8. The van der Waals surface area contributed by atoms with Gasteiger partial charge in [0.05, 0.1) is 12.8 Å². The standard InChI is InChI=1S/C16H27N3O/c1-18(2)15-4-3-7-19(10-15)11-16-8-13(12-20-16)9-17-14-5-6-14/h8,12,14-15,17H,3-7,9-11H2,1-2H3. The molecule has 0 radical (unpaired) electrons. The van der Waals surface area contributed by atoms with Crippen molar-refractivity contribution in [2.45, 2.75) is 50.9 Å². The molecule has 1 aliphatic heterocycles. The van der Waals surface area contributed by atoms with Crippen molar-refractivity contribution in [3.63, 3.8) is 0 Å². The molecule has 1 aliphatic carbocycles. The van der Waals surface area contributed by atoms with Crippen LogP contribution >= 0.6 is 0 Å². The minimum atomic E-state index is 0.690. The van der Waals surface area contributed by atoms with Crippen LogP contribution in [0.5, 0.6) is 0 Å². The van der Waals surface area contributed by atoms with Gasteiger partial charge in [0.1, 0.15) is 5.76 Å². The van der Waals surface area contributed by atoms with Crippen LogP contribution in [0.25, 0.3) is 0 Å². The van der Waals surface area contributed by atoms with Gasteiger partial charge in [-0.3, -0.25) is 4.90 Å². The third-order valence-electron chi connectivity index (χ3n) is 4.47. The summed E-state index contributed by atoms with van der Waals surface area (Å²) in [5.74, 6) is 1.11. The Kier molecular flexibility index (Phi) is 4.44. The summed E-state index contributed by atoms with van der Waals surface area (Å²) in [6.45, 7) is 4.26. The Morgan fingerprint density at radius 2 is 2.20 bits per heavy atom. The topological polar surface area (TPSA) is 31.6 Å². The molecule has 4 nitrogen and oxygen atoms in total. The van der Waals surface area contributed by atoms with Crippen molar-refractivity contribution in [2.24, 2.45) is 0 Å². The molecule has 0 spiro atoms. The van der Waals surface area contributed by atoms with Crippen molar-refractivity contribution in [1.29, 1.82) is 0 Å². The summed E-state index contributed by atoms with van der Waals surface area (Å²) in [4.78, 5) is 4.87. The van der Waals surface area contributed by atoms with Crippen molar-refractivity contribution in [1.82, 2.24) is 15.1 Å². The van der Waals surface area contributed by atoms with Crippen molar-refractivity contribution in [2.75, 3.05) is 27.2 Å². The van der Waals surface area contributed by atoms with Crippen LogP contribution in [0.4, 0.5) is 0 Å². The smallest absolute Gasteiger partial charge is 0.118 e. The molecule has 112 valence electrons. The normalized spacial score (nSPS) is 24.4. The van der Waals surface area contributed by atoms with Gasteiger partial charge in [-0.15, -0.1) is 0 Å². The molecule has 2 heterocycles. The Labute approximate surface area is 122 Å². The number of nitrogens with zero attached hydrogens (tertiary/aromatic N) is 2. The van der Waals surface area contributed by atoms with E-state index in [9.17, 15) is 0 Å². The molecular formula is C16H27N3O. The molecule has 1 atom stereocenters. The second kappa shape index (κ2) is 6.29. The van der Waals surface area contributed by atoms with Gasteiger partial charge in [0.2, 0.25) is 0 Å². The molecule has 0 aromatic carbocycles. The van der Waals surface area contributed by atoms with E-state index in [1.165, 1.54) is 37.8 Å². The van der Waals surface area contributed by atoms with Gasteiger partial charge in [-0.2, -0.15) is 0 Å². The summed E-state index contributed by atoms with van der Waals surface area (Å²) in [5.41, 5.74) is 1.29. The molecule has 20 heavy (non-hydrogen) atoms. The highest BCUT2D eigenvalue weighted by molar-refractivity contribution is 5.13. The molecule has 2 aliphatic rings. The summed E-state index contributed by atoms with van der Waals surface area (Å²) < 4.78 is 5.72. The van der Waals surface area contributed by atoms with Crippen LogP contribution in [0.3, 0.4) is 0 Å². The van der Waals surface area contributed by atoms with Gasteiger partial charge in [-0.05, 0) is 52.4 Å². The van der Waals surface area contributed by atoms with Crippen LogP contribution < -0.4 is 5.32 Å². The number of hydrogen-bond acceptors (Lipinski definition) is 4. The minimum absolute atomic E-state index is 0.690. The maximum atomic E-state index is 5.72. The molecule has 0 bridgehead atoms. The molecule has 1 N–H and O–H groups in total. The fourth-order valence-corrected chi connectivity index (χ4v) is 2.97. The maximum absolute atomic E-state index is 5.72. The summed E-state index contributed by atoms with van der Waals surface area (Å²) >= 11 is 0. The molecule has 4 heteroatoms. The average Bonchev–Trinajstić information content (AvgIpc) is 3.17. The number of nitrogens with one attached hydrogen (secondary N) is 1. The van der Waals surface area contributed by atoms with E-state index in [0.29, 0.717) is 6.04 Å². The third kappa shape index (κ3) is 3.84. The second-order valence-electron chi connectivity index (χ2n) is 6.57. The van der Waals surface area contributed by atoms with Crippen molar-refractivity contribution in [3.8, 4) is 0 Å². The van der Waals surface area contributed by atoms with Gasteiger partial charge in [0.25, 0.3) is 0 Å². The lowest BCUT2D eigenvalue weighted by Crippen LogP contribution is -2.44. The van der Waals surface area contributed by atoms with E-state index < -0.39 is 0 Å². The first kappa shape index (κ1) is 14.1. The predicted molar refractivity (Wildman–Crippen MR) is 80.6 cm³/mol. The third-order valence-corrected chi connectivity index (χ3v) is 4.47. The van der Waals surface area contributed by atoms with Gasteiger partial charge in [-0.25, -0.2) is 0 Å². The van der Waals surface area contributed by atoms with E-state index in [1.807, 2.05) is 6.26 Å². The van der Waals surface area contributed by atoms with Crippen molar-refractivity contribution in [3.05, 3.63) is 23.7 Å². The van der Waals surface area contributed by atoms with Crippen LogP contribution in [-0.2, 0) is 13.1 Å². The van der Waals surface area contributed by atoms with E-state index in [0.717, 1.165) is 31.4 Å². The summed E-state index contributed by atoms with van der Waals surface area (Å²) in [6.07, 6.45) is 7.20. The zero-order valence-electron chi connectivity index (χ0n) is 12.8. The fourth-order valence-electron chi connectivity index (χ4n) is 2.97. The first-order valence-electron chi connectivity index (χ1n) is 7.89. The van der Waals surface area contributed by atoms with Gasteiger partial charge in [-0.1, -0.05) is 0 Å². The highest BCUT2D eigenvalue weighted by Crippen LogP contribution is 2.21. The van der Waals surface area contributed by atoms with Crippen LogP contribution in [0.1, 0.15) is 37.0 Å². The predicted octanol–water partition coefficient (Wildman–Crippen LogP) is 2.06. The quantitative estimate of drug-likeness (QED) is 0.862. The number of likely N-dealkylation sites (N-methyl/N-ethyl adjacent to an activating group) is 1. The van der Waals surface area contributed by atoms with Gasteiger partial charge in [0.15, 0.2) is 0 Å². The van der Waals surface area contributed by atoms with Crippen LogP contribution in [0.2, 0.25) is 0 Å². The van der Waals surface area contributed by atoms with Gasteiger partial charge in [0, 0.05) is 30.7 Å². The van der Waals surface area contributed by atoms with E-state index in [4.69, 9.17) is 4.42 Å².